The number of nitrogens with one attached hydrogen (secondary N) is 1. The van der Waals surface area contributed by atoms with Gasteiger partial charge in [-0.3, -0.25) is 5.43 Å². The Bertz CT molecular complexity index is 836. The van der Waals surface area contributed by atoms with Crippen molar-refractivity contribution >= 4 is 11.4 Å². The minimum Gasteiger partial charge on any atom is -0.278 e. The molecule has 2 aromatic carbocycles. The molecule has 1 atom stereocenters. The van der Waals surface area contributed by atoms with E-state index in [4.69, 9.17) is 5.10 Å². The number of hydrogen-bond acceptors (Lipinski definition) is 2. The summed E-state index contributed by atoms with van der Waals surface area (Å²) in [5.74, 6) is 0.396. The highest BCUT2D eigenvalue weighted by atomic mass is 15.3. The van der Waals surface area contributed by atoms with E-state index in [2.05, 4.69) is 87.7 Å². The molecule has 0 saturated carbocycles. The van der Waals surface area contributed by atoms with Gasteiger partial charge in [0.2, 0.25) is 0 Å². The van der Waals surface area contributed by atoms with Crippen LogP contribution >= 0.6 is 0 Å². The van der Waals surface area contributed by atoms with Gasteiger partial charge in [0.05, 0.1) is 11.4 Å². The molecule has 0 saturated heterocycles. The second kappa shape index (κ2) is 7.74. The van der Waals surface area contributed by atoms with E-state index in [0.29, 0.717) is 5.92 Å². The van der Waals surface area contributed by atoms with E-state index in [-0.39, 0.29) is 5.41 Å². The molecule has 3 rings (SSSR count). The van der Waals surface area contributed by atoms with E-state index in [1.54, 1.807) is 0 Å². The molecule has 0 radical (unpaired) electrons. The van der Waals surface area contributed by atoms with Crippen LogP contribution in [0.4, 0.5) is 5.69 Å². The number of hydrogen-bond donors (Lipinski definition) is 1. The number of para-hydroxylation sites is 1. The van der Waals surface area contributed by atoms with Crippen LogP contribution in [0.15, 0.2) is 83.5 Å². The molecule has 0 bridgehead atoms. The smallest absolute Gasteiger partial charge is 0.0688 e. The van der Waals surface area contributed by atoms with Crippen molar-refractivity contribution in [3.8, 4) is 0 Å². The SMILES string of the molecule is Cc1ccccc1NN=C(CC1C=CC=C1C(C)(C)C)c1ccccc1. The summed E-state index contributed by atoms with van der Waals surface area (Å²) in [5.41, 5.74) is 9.42. The topological polar surface area (TPSA) is 24.4 Å². The molecular weight excluding hydrogens is 316 g/mol. The molecular formula is C24H28N2. The van der Waals surface area contributed by atoms with Crippen LogP contribution in [0.1, 0.15) is 38.3 Å². The number of hydrazone groups is 1. The summed E-state index contributed by atoms with van der Waals surface area (Å²) in [5, 5.41) is 4.81. The highest BCUT2D eigenvalue weighted by Gasteiger charge is 2.27. The molecule has 26 heavy (non-hydrogen) atoms. The molecule has 0 amide bonds. The Balaban J connectivity index is 1.88. The monoisotopic (exact) mass is 344 g/mol. The average molecular weight is 345 g/mol. The van der Waals surface area contributed by atoms with Crippen molar-refractivity contribution in [2.75, 3.05) is 5.43 Å². The van der Waals surface area contributed by atoms with E-state index in [1.165, 1.54) is 16.7 Å². The van der Waals surface area contributed by atoms with E-state index in [1.807, 2.05) is 18.2 Å². The molecule has 2 heteroatoms. The number of aryl methyl sites for hydroxylation is 1. The lowest BCUT2D eigenvalue weighted by molar-refractivity contribution is 0.460. The molecule has 2 aromatic rings. The fourth-order valence-corrected chi connectivity index (χ4v) is 3.40. The van der Waals surface area contributed by atoms with Gasteiger partial charge in [0, 0.05) is 12.3 Å². The molecule has 1 N–H and O–H groups in total. The first kappa shape index (κ1) is 18.2. The molecule has 0 fully saturated rings. The van der Waals surface area contributed by atoms with Crippen molar-refractivity contribution in [2.45, 2.75) is 34.1 Å². The second-order valence-electron chi connectivity index (χ2n) is 7.92. The molecule has 134 valence electrons. The van der Waals surface area contributed by atoms with Gasteiger partial charge in [0.15, 0.2) is 0 Å². The Morgan fingerprint density at radius 2 is 1.69 bits per heavy atom. The molecule has 0 aromatic heterocycles. The van der Waals surface area contributed by atoms with Gasteiger partial charge in [-0.15, -0.1) is 0 Å². The number of anilines is 1. The van der Waals surface area contributed by atoms with Crippen molar-refractivity contribution in [1.82, 2.24) is 0 Å². The molecule has 0 aliphatic heterocycles. The maximum absolute atomic E-state index is 4.81. The summed E-state index contributed by atoms with van der Waals surface area (Å²) in [4.78, 5) is 0. The minimum absolute atomic E-state index is 0.166. The second-order valence-corrected chi connectivity index (χ2v) is 7.92. The molecule has 1 aliphatic rings. The third-order valence-electron chi connectivity index (χ3n) is 4.86. The van der Waals surface area contributed by atoms with Gasteiger partial charge in [-0.1, -0.05) is 93.1 Å². The Labute approximate surface area is 157 Å². The van der Waals surface area contributed by atoms with Crippen molar-refractivity contribution in [3.63, 3.8) is 0 Å². The maximum Gasteiger partial charge on any atom is 0.0688 e. The Kier molecular flexibility index (Phi) is 5.41. The largest absolute Gasteiger partial charge is 0.278 e. The van der Waals surface area contributed by atoms with Gasteiger partial charge < -0.3 is 0 Å². The molecule has 2 nitrogen and oxygen atoms in total. The average Bonchev–Trinajstić information content (AvgIpc) is 3.09. The quantitative estimate of drug-likeness (QED) is 0.495. The summed E-state index contributed by atoms with van der Waals surface area (Å²) in [7, 11) is 0. The summed E-state index contributed by atoms with van der Waals surface area (Å²) in [6, 6.07) is 18.7. The Hall–Kier alpha value is -2.61. The lowest BCUT2D eigenvalue weighted by atomic mass is 9.78. The van der Waals surface area contributed by atoms with Crippen LogP contribution in [0.25, 0.3) is 0 Å². The Morgan fingerprint density at radius 3 is 2.38 bits per heavy atom. The Morgan fingerprint density at radius 1 is 1.00 bits per heavy atom. The van der Waals surface area contributed by atoms with E-state index in [0.717, 1.165) is 17.8 Å². The standard InChI is InChI=1S/C24H28N2/c1-18-11-8-9-16-22(18)25-26-23(19-12-6-5-7-13-19)17-20-14-10-15-21(20)24(2,3)4/h5-16,20,25H,17H2,1-4H3. The lowest BCUT2D eigenvalue weighted by Crippen LogP contribution is -2.18. The van der Waals surface area contributed by atoms with E-state index in [9.17, 15) is 0 Å². The van der Waals surface area contributed by atoms with Gasteiger partial charge in [-0.2, -0.15) is 5.10 Å². The van der Waals surface area contributed by atoms with Crippen molar-refractivity contribution in [2.24, 2.45) is 16.4 Å². The van der Waals surface area contributed by atoms with Gasteiger partial charge in [-0.25, -0.2) is 0 Å². The predicted octanol–water partition coefficient (Wildman–Crippen LogP) is 6.36. The number of allylic oxidation sites excluding steroid dienone is 4. The summed E-state index contributed by atoms with van der Waals surface area (Å²) in [6.07, 6.45) is 7.64. The number of rotatable bonds is 5. The van der Waals surface area contributed by atoms with Crippen LogP contribution in [0.2, 0.25) is 0 Å². The predicted molar refractivity (Wildman–Crippen MR) is 113 cm³/mol. The van der Waals surface area contributed by atoms with Gasteiger partial charge in [-0.05, 0) is 29.5 Å². The van der Waals surface area contributed by atoms with Crippen molar-refractivity contribution in [3.05, 3.63) is 89.5 Å². The van der Waals surface area contributed by atoms with E-state index >= 15 is 0 Å². The fourth-order valence-electron chi connectivity index (χ4n) is 3.40. The first-order valence-electron chi connectivity index (χ1n) is 9.27. The maximum atomic E-state index is 4.81. The fraction of sp³-hybridized carbons (Fsp3) is 0.292. The van der Waals surface area contributed by atoms with Crippen LogP contribution in [0, 0.1) is 18.3 Å². The number of nitrogens with zero attached hydrogens (tertiary/aromatic N) is 1. The molecule has 0 spiro atoms. The molecule has 1 unspecified atom stereocenters. The van der Waals surface area contributed by atoms with Gasteiger partial charge in [0.25, 0.3) is 0 Å². The van der Waals surface area contributed by atoms with E-state index < -0.39 is 0 Å². The first-order chi connectivity index (χ1) is 12.4. The van der Waals surface area contributed by atoms with Crippen LogP contribution in [-0.2, 0) is 0 Å². The summed E-state index contributed by atoms with van der Waals surface area (Å²) >= 11 is 0. The van der Waals surface area contributed by atoms with Crippen LogP contribution in [0.3, 0.4) is 0 Å². The lowest BCUT2D eigenvalue weighted by Gasteiger charge is -2.27. The zero-order valence-corrected chi connectivity index (χ0v) is 16.2. The highest BCUT2D eigenvalue weighted by Crippen LogP contribution is 2.37. The minimum atomic E-state index is 0.166. The third-order valence-corrected chi connectivity index (χ3v) is 4.86. The van der Waals surface area contributed by atoms with Crippen LogP contribution in [0.5, 0.6) is 0 Å². The zero-order valence-electron chi connectivity index (χ0n) is 16.2. The van der Waals surface area contributed by atoms with Gasteiger partial charge in [0.1, 0.15) is 0 Å². The van der Waals surface area contributed by atoms with Crippen LogP contribution < -0.4 is 5.43 Å². The highest BCUT2D eigenvalue weighted by molar-refractivity contribution is 6.01. The van der Waals surface area contributed by atoms with Crippen molar-refractivity contribution in [1.29, 1.82) is 0 Å². The third kappa shape index (κ3) is 4.32. The molecule has 1 aliphatic carbocycles. The first-order valence-corrected chi connectivity index (χ1v) is 9.27. The van der Waals surface area contributed by atoms with Gasteiger partial charge >= 0.3 is 0 Å². The normalized spacial score (nSPS) is 17.3. The van der Waals surface area contributed by atoms with Crippen molar-refractivity contribution < 1.29 is 0 Å². The zero-order chi connectivity index (χ0) is 18.6. The number of benzene rings is 2. The summed E-state index contributed by atoms with van der Waals surface area (Å²) < 4.78 is 0. The summed E-state index contributed by atoms with van der Waals surface area (Å²) in [6.45, 7) is 8.94. The molecule has 0 heterocycles. The van der Waals surface area contributed by atoms with Crippen LogP contribution in [-0.4, -0.2) is 5.71 Å².